The molecular formula is C14H20N2. The molecule has 0 bridgehead atoms. The van der Waals surface area contributed by atoms with Gasteiger partial charge < -0.3 is 10.2 Å². The van der Waals surface area contributed by atoms with E-state index in [2.05, 4.69) is 35.5 Å². The lowest BCUT2D eigenvalue weighted by atomic mass is 10.1. The lowest BCUT2D eigenvalue weighted by Gasteiger charge is -2.17. The lowest BCUT2D eigenvalue weighted by Crippen LogP contribution is -2.15. The Hall–Kier alpha value is -1.18. The van der Waals surface area contributed by atoms with Crippen molar-refractivity contribution in [1.82, 2.24) is 0 Å². The molecule has 1 N–H and O–H groups in total. The molecule has 1 aliphatic heterocycles. The van der Waals surface area contributed by atoms with Crippen molar-refractivity contribution < 1.29 is 0 Å². The highest BCUT2D eigenvalue weighted by Crippen LogP contribution is 2.34. The Morgan fingerprint density at radius 3 is 2.88 bits per heavy atom. The Kier molecular flexibility index (Phi) is 2.50. The number of hydrogen-bond donors (Lipinski definition) is 1. The molecule has 0 unspecified atom stereocenters. The van der Waals surface area contributed by atoms with Gasteiger partial charge in [0.1, 0.15) is 0 Å². The standard InChI is InChI=1S/C14H20N2/c1-16-10-9-12-13(7-4-8-14(12)16)15-11-5-2-3-6-11/h4,7-8,11,15H,2-3,5-6,9-10H2,1H3. The maximum Gasteiger partial charge on any atom is 0.0417 e. The van der Waals surface area contributed by atoms with Gasteiger partial charge in [-0.15, -0.1) is 0 Å². The van der Waals surface area contributed by atoms with E-state index in [1.165, 1.54) is 55.6 Å². The zero-order valence-corrected chi connectivity index (χ0v) is 10.00. The summed E-state index contributed by atoms with van der Waals surface area (Å²) in [7, 11) is 2.19. The molecule has 2 nitrogen and oxygen atoms in total. The normalized spacial score (nSPS) is 20.2. The van der Waals surface area contributed by atoms with Crippen LogP contribution < -0.4 is 10.2 Å². The lowest BCUT2D eigenvalue weighted by molar-refractivity contribution is 0.754. The minimum atomic E-state index is 0.720. The van der Waals surface area contributed by atoms with Crippen molar-refractivity contribution in [3.8, 4) is 0 Å². The van der Waals surface area contributed by atoms with Crippen molar-refractivity contribution in [2.24, 2.45) is 0 Å². The maximum absolute atomic E-state index is 3.74. The molecule has 1 aromatic carbocycles. The highest BCUT2D eigenvalue weighted by Gasteiger charge is 2.21. The monoisotopic (exact) mass is 216 g/mol. The van der Waals surface area contributed by atoms with Gasteiger partial charge in [-0.2, -0.15) is 0 Å². The topological polar surface area (TPSA) is 15.3 Å². The summed E-state index contributed by atoms with van der Waals surface area (Å²) in [5.74, 6) is 0. The molecule has 1 saturated carbocycles. The van der Waals surface area contributed by atoms with Gasteiger partial charge in [0.05, 0.1) is 0 Å². The van der Waals surface area contributed by atoms with Crippen molar-refractivity contribution in [3.05, 3.63) is 23.8 Å². The van der Waals surface area contributed by atoms with Gasteiger partial charge in [0.25, 0.3) is 0 Å². The van der Waals surface area contributed by atoms with E-state index in [0.717, 1.165) is 6.04 Å². The molecule has 0 amide bonds. The zero-order valence-electron chi connectivity index (χ0n) is 10.00. The van der Waals surface area contributed by atoms with E-state index in [0.29, 0.717) is 0 Å². The molecule has 0 radical (unpaired) electrons. The second-order valence-corrected chi connectivity index (χ2v) is 5.10. The molecule has 86 valence electrons. The first-order valence-electron chi connectivity index (χ1n) is 6.44. The number of benzene rings is 1. The Labute approximate surface area is 97.6 Å². The number of nitrogens with one attached hydrogen (secondary N) is 1. The van der Waals surface area contributed by atoms with E-state index in [1.807, 2.05) is 0 Å². The average molecular weight is 216 g/mol. The van der Waals surface area contributed by atoms with Crippen molar-refractivity contribution in [2.45, 2.75) is 38.1 Å². The van der Waals surface area contributed by atoms with Gasteiger partial charge in [-0.25, -0.2) is 0 Å². The van der Waals surface area contributed by atoms with Crippen LogP contribution in [0.25, 0.3) is 0 Å². The number of likely N-dealkylation sites (N-methyl/N-ethyl adjacent to an activating group) is 1. The predicted octanol–water partition coefficient (Wildman–Crippen LogP) is 3.03. The molecule has 1 aromatic rings. The fourth-order valence-electron chi connectivity index (χ4n) is 3.02. The molecule has 2 aliphatic rings. The second kappa shape index (κ2) is 4.00. The molecule has 2 heteroatoms. The average Bonchev–Trinajstić information content (AvgIpc) is 2.90. The van der Waals surface area contributed by atoms with Crippen molar-refractivity contribution in [1.29, 1.82) is 0 Å². The molecule has 1 aliphatic carbocycles. The first kappa shape index (κ1) is 10.0. The van der Waals surface area contributed by atoms with Crippen molar-refractivity contribution in [3.63, 3.8) is 0 Å². The van der Waals surface area contributed by atoms with Gasteiger partial charge in [0.15, 0.2) is 0 Å². The van der Waals surface area contributed by atoms with E-state index in [-0.39, 0.29) is 0 Å². The summed E-state index contributed by atoms with van der Waals surface area (Å²) in [6, 6.07) is 7.38. The summed E-state index contributed by atoms with van der Waals surface area (Å²) in [6.07, 6.45) is 6.68. The Morgan fingerprint density at radius 1 is 1.25 bits per heavy atom. The number of nitrogens with zero attached hydrogens (tertiary/aromatic N) is 1. The summed E-state index contributed by atoms with van der Waals surface area (Å²) < 4.78 is 0. The quantitative estimate of drug-likeness (QED) is 0.817. The minimum Gasteiger partial charge on any atom is -0.382 e. The van der Waals surface area contributed by atoms with Crippen LogP contribution >= 0.6 is 0 Å². The zero-order chi connectivity index (χ0) is 11.0. The third-order valence-electron chi connectivity index (χ3n) is 3.97. The third-order valence-corrected chi connectivity index (χ3v) is 3.97. The van der Waals surface area contributed by atoms with Crippen molar-refractivity contribution in [2.75, 3.05) is 23.8 Å². The highest BCUT2D eigenvalue weighted by atomic mass is 15.1. The van der Waals surface area contributed by atoms with E-state index < -0.39 is 0 Å². The molecule has 3 rings (SSSR count). The van der Waals surface area contributed by atoms with Crippen LogP contribution in [0.4, 0.5) is 11.4 Å². The largest absolute Gasteiger partial charge is 0.382 e. The minimum absolute atomic E-state index is 0.720. The summed E-state index contributed by atoms with van der Waals surface area (Å²) in [4.78, 5) is 2.36. The molecule has 0 spiro atoms. The van der Waals surface area contributed by atoms with Crippen LogP contribution in [-0.4, -0.2) is 19.6 Å². The van der Waals surface area contributed by atoms with E-state index in [4.69, 9.17) is 0 Å². The van der Waals surface area contributed by atoms with Gasteiger partial charge in [-0.05, 0) is 31.4 Å². The molecular weight excluding hydrogens is 196 g/mol. The van der Waals surface area contributed by atoms with Crippen LogP contribution in [0.5, 0.6) is 0 Å². The molecule has 0 atom stereocenters. The second-order valence-electron chi connectivity index (χ2n) is 5.10. The van der Waals surface area contributed by atoms with Crippen LogP contribution in [0.3, 0.4) is 0 Å². The maximum atomic E-state index is 3.74. The number of rotatable bonds is 2. The van der Waals surface area contributed by atoms with Crippen LogP contribution in [0.2, 0.25) is 0 Å². The first-order valence-corrected chi connectivity index (χ1v) is 6.44. The first-order chi connectivity index (χ1) is 7.84. The Balaban J connectivity index is 1.84. The third kappa shape index (κ3) is 1.66. The molecule has 1 fully saturated rings. The fraction of sp³-hybridized carbons (Fsp3) is 0.571. The van der Waals surface area contributed by atoms with Gasteiger partial charge in [0, 0.05) is 36.6 Å². The number of anilines is 2. The molecule has 0 saturated heterocycles. The SMILES string of the molecule is CN1CCc2c(NC3CCCC3)cccc21. The fourth-order valence-corrected chi connectivity index (χ4v) is 3.02. The Morgan fingerprint density at radius 2 is 2.06 bits per heavy atom. The van der Waals surface area contributed by atoms with Gasteiger partial charge in [-0.1, -0.05) is 18.9 Å². The molecule has 0 aromatic heterocycles. The van der Waals surface area contributed by atoms with Crippen LogP contribution in [0.1, 0.15) is 31.2 Å². The smallest absolute Gasteiger partial charge is 0.0417 e. The van der Waals surface area contributed by atoms with E-state index in [1.54, 1.807) is 0 Å². The van der Waals surface area contributed by atoms with Gasteiger partial charge in [-0.3, -0.25) is 0 Å². The molecule has 1 heterocycles. The summed E-state index contributed by atoms with van der Waals surface area (Å²) in [6.45, 7) is 1.17. The molecule has 16 heavy (non-hydrogen) atoms. The van der Waals surface area contributed by atoms with Crippen LogP contribution in [-0.2, 0) is 6.42 Å². The highest BCUT2D eigenvalue weighted by molar-refractivity contribution is 5.69. The summed E-state index contributed by atoms with van der Waals surface area (Å²) in [5, 5.41) is 3.74. The van der Waals surface area contributed by atoms with E-state index in [9.17, 15) is 0 Å². The Bertz CT molecular complexity index is 380. The van der Waals surface area contributed by atoms with Gasteiger partial charge >= 0.3 is 0 Å². The number of hydrogen-bond acceptors (Lipinski definition) is 2. The summed E-state index contributed by atoms with van der Waals surface area (Å²) >= 11 is 0. The predicted molar refractivity (Wildman–Crippen MR) is 69.3 cm³/mol. The summed E-state index contributed by atoms with van der Waals surface area (Å²) in [5.41, 5.74) is 4.33. The van der Waals surface area contributed by atoms with E-state index >= 15 is 0 Å². The van der Waals surface area contributed by atoms with Crippen molar-refractivity contribution >= 4 is 11.4 Å². The van der Waals surface area contributed by atoms with Crippen LogP contribution in [0.15, 0.2) is 18.2 Å². The van der Waals surface area contributed by atoms with Gasteiger partial charge in [0.2, 0.25) is 0 Å². The van der Waals surface area contributed by atoms with Crippen LogP contribution in [0, 0.1) is 0 Å². The number of fused-ring (bicyclic) bond motifs is 1.